The first kappa shape index (κ1) is 13.5. The van der Waals surface area contributed by atoms with Gasteiger partial charge in [-0.3, -0.25) is 18.5 Å². The summed E-state index contributed by atoms with van der Waals surface area (Å²) < 4.78 is 42.5. The Kier molecular flexibility index (Phi) is 3.77. The molecule has 0 heterocycles. The van der Waals surface area contributed by atoms with E-state index >= 15 is 0 Å². The molecule has 0 spiro atoms. The lowest BCUT2D eigenvalue weighted by Gasteiger charge is -2.14. The highest BCUT2D eigenvalue weighted by molar-refractivity contribution is 7.80. The van der Waals surface area contributed by atoms with Gasteiger partial charge in [-0.25, -0.2) is 0 Å². The summed E-state index contributed by atoms with van der Waals surface area (Å²) in [7, 11) is 0. The summed E-state index contributed by atoms with van der Waals surface area (Å²) in [6.07, 6.45) is 0. The Bertz CT molecular complexity index is 503. The molecule has 0 aliphatic heterocycles. The van der Waals surface area contributed by atoms with Crippen LogP contribution in [0.1, 0.15) is 0 Å². The molecule has 1 aromatic carbocycles. The standard InChI is InChI=1S/C6H5NO8S2/c8-4-2(7(10)11)1-3(16(12)13)5(9)6(4)17(14)15/h1,8-9H,(H,12,13)(H,14,15)/p-2. The lowest BCUT2D eigenvalue weighted by Crippen LogP contribution is -2.00. The van der Waals surface area contributed by atoms with E-state index in [4.69, 9.17) is 0 Å². The number of hydrogen-bond acceptors (Lipinski definition) is 8. The van der Waals surface area contributed by atoms with Crippen LogP contribution < -0.4 is 0 Å². The molecular formula is C6H3NO8S2-2. The monoisotopic (exact) mass is 281 g/mol. The van der Waals surface area contributed by atoms with Gasteiger partial charge in [0.1, 0.15) is 10.6 Å². The van der Waals surface area contributed by atoms with Crippen LogP contribution in [0.25, 0.3) is 0 Å². The minimum absolute atomic E-state index is 0.351. The van der Waals surface area contributed by atoms with E-state index < -0.39 is 54.1 Å². The molecule has 17 heavy (non-hydrogen) atoms. The maximum absolute atomic E-state index is 10.6. The zero-order chi connectivity index (χ0) is 13.3. The normalized spacial score (nSPS) is 14.2. The predicted molar refractivity (Wildman–Crippen MR) is 50.8 cm³/mol. The molecule has 0 radical (unpaired) electrons. The average Bonchev–Trinajstić information content (AvgIpc) is 2.15. The quantitative estimate of drug-likeness (QED) is 0.424. The summed E-state index contributed by atoms with van der Waals surface area (Å²) in [5, 5.41) is 28.9. The minimum Gasteiger partial charge on any atom is -0.768 e. The second-order valence-corrected chi connectivity index (χ2v) is 4.43. The van der Waals surface area contributed by atoms with Gasteiger partial charge in [0.25, 0.3) is 0 Å². The number of benzene rings is 1. The van der Waals surface area contributed by atoms with E-state index in [2.05, 4.69) is 0 Å². The molecule has 0 aliphatic carbocycles. The van der Waals surface area contributed by atoms with Gasteiger partial charge in [0, 0.05) is 6.07 Å². The Balaban J connectivity index is 3.76. The number of nitro benzene ring substituents is 1. The molecule has 1 rings (SSSR count). The molecule has 0 bridgehead atoms. The summed E-state index contributed by atoms with van der Waals surface area (Å²) >= 11 is -6.32. The SMILES string of the molecule is O=[N+]([O-])c1cc(S(=O)[O-])c(O)c(S(=O)[O-])c1O. The van der Waals surface area contributed by atoms with Crippen LogP contribution in [0.3, 0.4) is 0 Å². The van der Waals surface area contributed by atoms with Gasteiger partial charge in [-0.1, -0.05) is 0 Å². The molecule has 0 amide bonds. The smallest absolute Gasteiger partial charge is 0.313 e. The molecule has 11 heteroatoms. The second kappa shape index (κ2) is 4.75. The van der Waals surface area contributed by atoms with E-state index in [1.165, 1.54) is 0 Å². The van der Waals surface area contributed by atoms with E-state index in [9.17, 15) is 37.9 Å². The first-order chi connectivity index (χ1) is 7.77. The summed E-state index contributed by atoms with van der Waals surface area (Å²) in [4.78, 5) is 7.04. The molecule has 2 N–H and O–H groups in total. The zero-order valence-electron chi connectivity index (χ0n) is 7.68. The second-order valence-electron chi connectivity index (χ2n) is 2.65. The molecule has 0 aromatic heterocycles. The van der Waals surface area contributed by atoms with Crippen molar-refractivity contribution in [3.63, 3.8) is 0 Å². The topological polar surface area (TPSA) is 164 Å². The minimum atomic E-state index is -3.23. The molecule has 2 unspecified atom stereocenters. The van der Waals surface area contributed by atoms with Crippen LogP contribution in [0.4, 0.5) is 5.69 Å². The van der Waals surface area contributed by atoms with Crippen LogP contribution in [0, 0.1) is 10.1 Å². The van der Waals surface area contributed by atoms with Gasteiger partial charge >= 0.3 is 5.69 Å². The molecular weight excluding hydrogens is 278 g/mol. The Morgan fingerprint density at radius 1 is 1.12 bits per heavy atom. The Morgan fingerprint density at radius 3 is 2.00 bits per heavy atom. The maximum Gasteiger partial charge on any atom is 0.313 e. The van der Waals surface area contributed by atoms with Crippen molar-refractivity contribution in [3.8, 4) is 11.5 Å². The van der Waals surface area contributed by atoms with Gasteiger partial charge in [-0.15, -0.1) is 0 Å². The van der Waals surface area contributed by atoms with Crippen LogP contribution in [-0.4, -0.2) is 32.7 Å². The highest BCUT2D eigenvalue weighted by atomic mass is 32.2. The van der Waals surface area contributed by atoms with Crippen molar-refractivity contribution in [1.29, 1.82) is 0 Å². The largest absolute Gasteiger partial charge is 0.768 e. The van der Waals surface area contributed by atoms with Crippen LogP contribution in [0.15, 0.2) is 15.9 Å². The third-order valence-corrected chi connectivity index (χ3v) is 3.11. The molecule has 1 aromatic rings. The summed E-state index contributed by atoms with van der Waals surface area (Å²) in [5.41, 5.74) is -1.14. The number of phenolic OH excluding ortho intramolecular Hbond substituents is 2. The van der Waals surface area contributed by atoms with Crippen LogP contribution >= 0.6 is 0 Å². The van der Waals surface area contributed by atoms with Crippen LogP contribution in [0.2, 0.25) is 0 Å². The summed E-state index contributed by atoms with van der Waals surface area (Å²) in [6, 6.07) is 0.351. The Hall–Kier alpha value is -1.56. The number of rotatable bonds is 3. The van der Waals surface area contributed by atoms with Crippen molar-refractivity contribution in [2.24, 2.45) is 0 Å². The van der Waals surface area contributed by atoms with Crippen LogP contribution in [0.5, 0.6) is 11.5 Å². The summed E-state index contributed by atoms with van der Waals surface area (Å²) in [6.45, 7) is 0. The van der Waals surface area contributed by atoms with Gasteiger partial charge in [0.05, 0.1) is 9.82 Å². The predicted octanol–water partition coefficient (Wildman–Crippen LogP) is -0.518. The molecule has 2 atom stereocenters. The molecule has 0 saturated heterocycles. The molecule has 9 nitrogen and oxygen atoms in total. The lowest BCUT2D eigenvalue weighted by molar-refractivity contribution is -0.386. The van der Waals surface area contributed by atoms with Gasteiger partial charge in [-0.05, 0) is 22.2 Å². The fourth-order valence-corrected chi connectivity index (χ4v) is 2.09. The molecule has 0 fully saturated rings. The van der Waals surface area contributed by atoms with E-state index in [0.717, 1.165) is 0 Å². The number of nitro groups is 1. The van der Waals surface area contributed by atoms with Gasteiger partial charge in [0.15, 0.2) is 0 Å². The average molecular weight is 281 g/mol. The van der Waals surface area contributed by atoms with Crippen molar-refractivity contribution in [2.75, 3.05) is 0 Å². The van der Waals surface area contributed by atoms with E-state index in [1.807, 2.05) is 0 Å². The third kappa shape index (κ3) is 2.41. The number of hydrogen-bond donors (Lipinski definition) is 2. The van der Waals surface area contributed by atoms with E-state index in [1.54, 1.807) is 0 Å². The van der Waals surface area contributed by atoms with Crippen LogP contribution in [-0.2, 0) is 22.2 Å². The molecule has 0 aliphatic rings. The number of nitrogens with zero attached hydrogens (tertiary/aromatic N) is 1. The highest BCUT2D eigenvalue weighted by Gasteiger charge is 2.25. The van der Waals surface area contributed by atoms with E-state index in [-0.39, 0.29) is 0 Å². The highest BCUT2D eigenvalue weighted by Crippen LogP contribution is 2.41. The van der Waals surface area contributed by atoms with Crippen molar-refractivity contribution in [1.82, 2.24) is 0 Å². The Labute approximate surface area is 98.4 Å². The van der Waals surface area contributed by atoms with Gasteiger partial charge < -0.3 is 19.3 Å². The number of phenols is 2. The van der Waals surface area contributed by atoms with Crippen molar-refractivity contribution in [2.45, 2.75) is 9.79 Å². The first-order valence-electron chi connectivity index (χ1n) is 3.69. The maximum atomic E-state index is 10.6. The summed E-state index contributed by atoms with van der Waals surface area (Å²) in [5.74, 6) is -2.59. The third-order valence-electron chi connectivity index (χ3n) is 1.72. The molecule has 0 saturated carbocycles. The van der Waals surface area contributed by atoms with E-state index in [0.29, 0.717) is 6.07 Å². The van der Waals surface area contributed by atoms with Gasteiger partial charge in [0.2, 0.25) is 5.75 Å². The number of aromatic hydroxyl groups is 2. The fourth-order valence-electron chi connectivity index (χ4n) is 1.03. The van der Waals surface area contributed by atoms with Gasteiger partial charge in [-0.2, -0.15) is 0 Å². The Morgan fingerprint density at radius 2 is 1.65 bits per heavy atom. The lowest BCUT2D eigenvalue weighted by atomic mass is 10.3. The fraction of sp³-hybridized carbons (Fsp3) is 0. The van der Waals surface area contributed by atoms with Crippen molar-refractivity contribution in [3.05, 3.63) is 16.2 Å². The van der Waals surface area contributed by atoms with Crippen molar-refractivity contribution >= 4 is 27.8 Å². The zero-order valence-corrected chi connectivity index (χ0v) is 9.32. The molecule has 94 valence electrons. The van der Waals surface area contributed by atoms with Crippen molar-refractivity contribution < 1.29 is 32.7 Å². The first-order valence-corrected chi connectivity index (χ1v) is 5.84.